The number of benzene rings is 13. The fraction of sp³-hybridized carbons (Fsp3) is 0.381. The van der Waals surface area contributed by atoms with Crippen LogP contribution in [-0.4, -0.2) is 65.4 Å². The van der Waals surface area contributed by atoms with Crippen LogP contribution in [0.2, 0.25) is 0 Å². The van der Waals surface area contributed by atoms with Gasteiger partial charge in [0, 0.05) is 52.4 Å². The standard InChI is InChI=1S/C19H22.3C18H21N.2C15H21N.C14H19N.C12H17N.C10H15N/c1-14(2)16-9-5-10-17(13-16)19-12-6-8-15-7-3-4-11-18(15)19;1-13(2)14-5-3-6-15(11-14)17-8-4-7-16-12-19-10-9-18(16)17;1-13(2)15-7-3-4-8-16(15)17-9-5-6-14-10-11-19-12-18(14)17;1-13(2)15-4-3-5-16(10-15)17-7-6-14-8-9-19-12-18(14)11-17;1-12(2)14-5-3-6-15(11-14)13-7-4-9-16-10-8-13;1-12(2)14-7-3-4-8-15(14)13-6-5-10-16-11-9-13;1-11(2)13-5-3-4-6-14(13)12-7-9-15-10-8-12;1-10(2)12-8-4-3-6-11(12)7-5-9-13;1-8(2)10-6-4-3-5-9(10)7-11/h5-6,8-10,12-14H,3-4,7,11H2,1-2H3;3-8,11,13,19H,9-10,12H2,1-2H3;3-9,13,19H,10-12H2,1-2H3;3-7,10-11,13,19H,8-9,12H2,1-2H3;3,5-6,8,11-12,16H,4,7,9-10H2,1-2H3;3-4,7-9,12,16H,5-6,10-11H2,1-2H3;3-7,11,15H,8-10H2,1-2H3;3-8,10H,9,13H2,1-2H3;3-6,8H,7,11H2,1-2H3/b;;;;;;;7-5+;. The Morgan fingerprint density at radius 1 is 0.238 bits per heavy atom. The molecule has 0 fully saturated rings. The highest BCUT2D eigenvalue weighted by molar-refractivity contribution is 5.76. The topological polar surface area (TPSA) is 124 Å². The van der Waals surface area contributed by atoms with Crippen LogP contribution in [0.4, 0.5) is 0 Å². The Balaban J connectivity index is 0.000000148. The molecular weight excluding hydrogens is 1780 g/mol. The first-order valence-corrected chi connectivity index (χ1v) is 56.1. The van der Waals surface area contributed by atoms with Gasteiger partial charge in [0.25, 0.3) is 0 Å². The molecule has 6 heterocycles. The molecule has 774 valence electrons. The number of aryl methyl sites for hydroxylation is 1. The summed E-state index contributed by atoms with van der Waals surface area (Å²) in [6, 6.07) is 106. The zero-order valence-corrected chi connectivity index (χ0v) is 92.8. The first kappa shape index (κ1) is 114. The van der Waals surface area contributed by atoms with E-state index in [-0.39, 0.29) is 0 Å². The lowest BCUT2D eigenvalue weighted by Gasteiger charge is -2.22. The lowest BCUT2D eigenvalue weighted by Crippen LogP contribution is -2.24. The van der Waals surface area contributed by atoms with Gasteiger partial charge in [0.2, 0.25) is 0 Å². The third kappa shape index (κ3) is 34.3. The Kier molecular flexibility index (Phi) is 46.8. The minimum atomic E-state index is 0.559. The summed E-state index contributed by atoms with van der Waals surface area (Å²) < 4.78 is 0. The minimum absolute atomic E-state index is 0.559. The van der Waals surface area contributed by atoms with Crippen molar-refractivity contribution in [3.63, 3.8) is 0 Å². The molecule has 0 atom stereocenters. The number of allylic oxidation sites excluding steroid dienone is 2. The molecule has 0 saturated heterocycles. The van der Waals surface area contributed by atoms with Crippen LogP contribution in [0.3, 0.4) is 0 Å². The minimum Gasteiger partial charge on any atom is -0.327 e. The Morgan fingerprint density at radius 3 is 1.15 bits per heavy atom. The summed E-state index contributed by atoms with van der Waals surface area (Å²) in [5.41, 5.74) is 58.5. The average molecular weight is 1960 g/mol. The molecule has 13 aromatic rings. The van der Waals surface area contributed by atoms with Gasteiger partial charge in [0.1, 0.15) is 0 Å². The summed E-state index contributed by atoms with van der Waals surface area (Å²) in [5.74, 6) is 5.30. The van der Waals surface area contributed by atoms with Crippen molar-refractivity contribution in [2.75, 3.05) is 65.4 Å². The molecule has 0 aromatic heterocycles. The van der Waals surface area contributed by atoms with Crippen LogP contribution in [0, 0.1) is 0 Å². The number of hydrogen-bond acceptors (Lipinski definition) is 8. The van der Waals surface area contributed by atoms with Gasteiger partial charge in [-0.05, 0) is 359 Å². The molecule has 0 bridgehead atoms. The number of rotatable bonds is 19. The molecule has 0 spiro atoms. The fourth-order valence-corrected chi connectivity index (χ4v) is 21.1. The van der Waals surface area contributed by atoms with Gasteiger partial charge < -0.3 is 43.4 Å². The Morgan fingerprint density at radius 2 is 0.619 bits per heavy atom. The molecule has 147 heavy (non-hydrogen) atoms. The summed E-state index contributed by atoms with van der Waals surface area (Å²) in [5, 5.41) is 20.6. The number of nitrogens with one attached hydrogen (secondary N) is 6. The maximum absolute atomic E-state index is 5.59. The molecule has 8 nitrogen and oxygen atoms in total. The van der Waals surface area contributed by atoms with Gasteiger partial charge in [-0.2, -0.15) is 0 Å². The maximum atomic E-state index is 5.59. The predicted octanol–water partition coefficient (Wildman–Crippen LogP) is 33.1. The molecule has 1 aliphatic carbocycles. The molecule has 0 unspecified atom stereocenters. The van der Waals surface area contributed by atoms with E-state index in [1.807, 2.05) is 12.1 Å². The SMILES string of the molecule is CC(C)c1cccc(-c2ccc3c(c2)CNCC3)c1.CC(C)c1cccc(-c2cccc3c2CCCC3)c1.CC(C)c1cccc(-c2cccc3c2CCNC3)c1.CC(C)c1cccc(C2=CCNCCC2)c1.CC(C)c1ccccc1-c1cccc2c1CNCC2.CC(C)c1ccccc1/C=C/CN.CC(C)c1ccccc1C1=CCNCC1.CC(C)c1ccccc1C1=CCNCCC1.CC(C)c1ccccc1CN. The van der Waals surface area contributed by atoms with Crippen molar-refractivity contribution in [3.05, 3.63) is 438 Å². The Hall–Kier alpha value is -11.5. The monoisotopic (exact) mass is 1960 g/mol. The second-order valence-electron chi connectivity index (χ2n) is 43.4. The third-order valence-electron chi connectivity index (χ3n) is 29.6. The smallest absolute Gasteiger partial charge is 0.0214 e. The van der Waals surface area contributed by atoms with E-state index in [9.17, 15) is 0 Å². The third-order valence-corrected chi connectivity index (χ3v) is 29.6. The molecule has 20 rings (SSSR count). The molecular formula is C139H178N8. The summed E-state index contributed by atoms with van der Waals surface area (Å²) in [4.78, 5) is 0. The van der Waals surface area contributed by atoms with Crippen LogP contribution in [0.25, 0.3) is 67.3 Å². The largest absolute Gasteiger partial charge is 0.327 e. The highest BCUT2D eigenvalue weighted by atomic mass is 14.9. The van der Waals surface area contributed by atoms with Gasteiger partial charge in [-0.25, -0.2) is 0 Å². The maximum Gasteiger partial charge on any atom is 0.0214 e. The Labute approximate surface area is 889 Å². The van der Waals surface area contributed by atoms with E-state index in [2.05, 4.69) is 466 Å². The van der Waals surface area contributed by atoms with Crippen molar-refractivity contribution in [3.8, 4) is 44.5 Å². The zero-order valence-electron chi connectivity index (χ0n) is 92.8. The molecule has 7 aliphatic rings. The van der Waals surface area contributed by atoms with Crippen LogP contribution in [0.5, 0.6) is 0 Å². The van der Waals surface area contributed by atoms with E-state index >= 15 is 0 Å². The molecule has 10 N–H and O–H groups in total. The number of fused-ring (bicyclic) bond motifs is 4. The predicted molar refractivity (Wildman–Crippen MR) is 641 cm³/mol. The molecule has 13 aromatic carbocycles. The quantitative estimate of drug-likeness (QED) is 0.0403. The molecule has 0 radical (unpaired) electrons. The van der Waals surface area contributed by atoms with Gasteiger partial charge in [-0.3, -0.25) is 0 Å². The molecule has 0 amide bonds. The van der Waals surface area contributed by atoms with E-state index < -0.39 is 0 Å². The van der Waals surface area contributed by atoms with Crippen LogP contribution in [0.15, 0.2) is 315 Å². The first-order chi connectivity index (χ1) is 71.4. The number of nitrogens with two attached hydrogens (primary N) is 2. The van der Waals surface area contributed by atoms with Crippen LogP contribution < -0.4 is 43.4 Å². The van der Waals surface area contributed by atoms with Crippen molar-refractivity contribution in [1.82, 2.24) is 31.9 Å². The van der Waals surface area contributed by atoms with Gasteiger partial charge in [-0.1, -0.05) is 440 Å². The summed E-state index contributed by atoms with van der Waals surface area (Å²) in [6.07, 6.45) is 25.8. The average Bonchev–Trinajstić information content (AvgIpc) is 0.751. The highest BCUT2D eigenvalue weighted by Crippen LogP contribution is 2.39. The van der Waals surface area contributed by atoms with Crippen LogP contribution >= 0.6 is 0 Å². The molecule has 6 aliphatic heterocycles. The second-order valence-corrected chi connectivity index (χ2v) is 43.4. The summed E-state index contributed by atoms with van der Waals surface area (Å²) in [7, 11) is 0. The van der Waals surface area contributed by atoms with E-state index in [4.69, 9.17) is 11.5 Å². The van der Waals surface area contributed by atoms with E-state index in [0.717, 1.165) is 104 Å². The lowest BCUT2D eigenvalue weighted by molar-refractivity contribution is 0.644. The van der Waals surface area contributed by atoms with Gasteiger partial charge in [0.05, 0.1) is 0 Å². The van der Waals surface area contributed by atoms with Crippen LogP contribution in [-0.2, 0) is 58.3 Å². The van der Waals surface area contributed by atoms with Crippen molar-refractivity contribution < 1.29 is 0 Å². The van der Waals surface area contributed by atoms with E-state index in [0.29, 0.717) is 66.4 Å². The highest BCUT2D eigenvalue weighted by Gasteiger charge is 2.22. The number of hydrogen-bond donors (Lipinski definition) is 8. The normalized spacial score (nSPS) is 14.7. The first-order valence-electron chi connectivity index (χ1n) is 56.1. The van der Waals surface area contributed by atoms with Gasteiger partial charge >= 0.3 is 0 Å². The lowest BCUT2D eigenvalue weighted by atomic mass is 9.85. The fourth-order valence-electron chi connectivity index (χ4n) is 21.1. The zero-order chi connectivity index (χ0) is 104. The second kappa shape index (κ2) is 60.2. The van der Waals surface area contributed by atoms with Crippen molar-refractivity contribution in [2.24, 2.45) is 11.5 Å². The van der Waals surface area contributed by atoms with Crippen molar-refractivity contribution in [2.45, 2.75) is 281 Å². The van der Waals surface area contributed by atoms with Crippen molar-refractivity contribution >= 4 is 22.8 Å². The summed E-state index contributed by atoms with van der Waals surface area (Å²) in [6.45, 7) is 54.4. The molecule has 0 saturated carbocycles. The van der Waals surface area contributed by atoms with Crippen molar-refractivity contribution in [1.29, 1.82) is 0 Å². The Bertz CT molecular complexity index is 6250. The molecule has 8 heteroatoms. The summed E-state index contributed by atoms with van der Waals surface area (Å²) >= 11 is 0. The van der Waals surface area contributed by atoms with Gasteiger partial charge in [-0.15, -0.1) is 0 Å². The van der Waals surface area contributed by atoms with E-state index in [1.54, 1.807) is 11.1 Å². The van der Waals surface area contributed by atoms with Crippen LogP contribution in [0.1, 0.15) is 345 Å². The van der Waals surface area contributed by atoms with E-state index in [1.165, 1.54) is 224 Å². The van der Waals surface area contributed by atoms with Gasteiger partial charge in [0.15, 0.2) is 0 Å².